The predicted molar refractivity (Wildman–Crippen MR) is 114 cm³/mol. The largest absolute Gasteiger partial charge is 0.417 e. The van der Waals surface area contributed by atoms with Crippen molar-refractivity contribution >= 4 is 0 Å². The zero-order valence-corrected chi connectivity index (χ0v) is 16.7. The number of alkyl halides is 3. The van der Waals surface area contributed by atoms with E-state index in [2.05, 4.69) is 34.5 Å². The molecule has 0 aliphatic carbocycles. The van der Waals surface area contributed by atoms with E-state index < -0.39 is 11.7 Å². The third kappa shape index (κ3) is 5.10. The molecular formula is C25H25F3N2. The normalized spacial score (nSPS) is 17.8. The fourth-order valence-electron chi connectivity index (χ4n) is 4.10. The molecule has 30 heavy (non-hydrogen) atoms. The van der Waals surface area contributed by atoms with Crippen molar-refractivity contribution in [3.05, 3.63) is 95.6 Å². The SMILES string of the molecule is FC(F)(F)c1ccccc1-c1ccc(CN2CCN[C@@H](Cc3ccccc3)C2)cc1. The molecular weight excluding hydrogens is 385 g/mol. The van der Waals surface area contributed by atoms with Crippen LogP contribution in [0.15, 0.2) is 78.9 Å². The van der Waals surface area contributed by atoms with Gasteiger partial charge >= 0.3 is 6.18 Å². The van der Waals surface area contributed by atoms with Crippen molar-refractivity contribution in [2.75, 3.05) is 19.6 Å². The fourth-order valence-corrected chi connectivity index (χ4v) is 4.10. The van der Waals surface area contributed by atoms with Gasteiger partial charge in [-0.2, -0.15) is 13.2 Å². The first-order valence-corrected chi connectivity index (χ1v) is 10.2. The van der Waals surface area contributed by atoms with Gasteiger partial charge in [0, 0.05) is 32.2 Å². The average molecular weight is 410 g/mol. The minimum atomic E-state index is -4.36. The molecule has 0 aromatic heterocycles. The van der Waals surface area contributed by atoms with Gasteiger partial charge in [0.05, 0.1) is 5.56 Å². The number of hydrogen-bond acceptors (Lipinski definition) is 2. The van der Waals surface area contributed by atoms with E-state index in [-0.39, 0.29) is 5.56 Å². The second kappa shape index (κ2) is 9.02. The van der Waals surface area contributed by atoms with Crippen molar-refractivity contribution in [1.82, 2.24) is 10.2 Å². The van der Waals surface area contributed by atoms with Gasteiger partial charge in [0.1, 0.15) is 0 Å². The van der Waals surface area contributed by atoms with Gasteiger partial charge < -0.3 is 5.32 Å². The van der Waals surface area contributed by atoms with Crippen molar-refractivity contribution in [3.63, 3.8) is 0 Å². The quantitative estimate of drug-likeness (QED) is 0.607. The van der Waals surface area contributed by atoms with Crippen molar-refractivity contribution in [3.8, 4) is 11.1 Å². The molecule has 4 rings (SSSR count). The summed E-state index contributed by atoms with van der Waals surface area (Å²) in [6, 6.07) is 24.1. The fraction of sp³-hybridized carbons (Fsp3) is 0.280. The first kappa shape index (κ1) is 20.6. The molecule has 0 radical (unpaired) electrons. The van der Waals surface area contributed by atoms with Crippen LogP contribution < -0.4 is 5.32 Å². The highest BCUT2D eigenvalue weighted by molar-refractivity contribution is 5.68. The Morgan fingerprint density at radius 1 is 0.833 bits per heavy atom. The van der Waals surface area contributed by atoms with Gasteiger partial charge in [-0.15, -0.1) is 0 Å². The molecule has 3 aromatic carbocycles. The van der Waals surface area contributed by atoms with Crippen molar-refractivity contribution in [2.24, 2.45) is 0 Å². The molecule has 1 N–H and O–H groups in total. The van der Waals surface area contributed by atoms with Crippen LogP contribution in [0.25, 0.3) is 11.1 Å². The summed E-state index contributed by atoms with van der Waals surface area (Å²) in [7, 11) is 0. The second-order valence-electron chi connectivity index (χ2n) is 7.82. The maximum absolute atomic E-state index is 13.3. The van der Waals surface area contributed by atoms with Crippen molar-refractivity contribution < 1.29 is 13.2 Å². The van der Waals surface area contributed by atoms with Gasteiger partial charge in [0.25, 0.3) is 0 Å². The lowest BCUT2D eigenvalue weighted by Gasteiger charge is -2.34. The van der Waals surface area contributed by atoms with Crippen LogP contribution in [0.4, 0.5) is 13.2 Å². The van der Waals surface area contributed by atoms with E-state index in [1.54, 1.807) is 18.2 Å². The summed E-state index contributed by atoms with van der Waals surface area (Å²) in [6.45, 7) is 3.65. The zero-order valence-electron chi connectivity index (χ0n) is 16.7. The van der Waals surface area contributed by atoms with Gasteiger partial charge in [-0.3, -0.25) is 4.90 Å². The first-order valence-electron chi connectivity index (χ1n) is 10.2. The molecule has 5 heteroatoms. The number of halogens is 3. The van der Waals surface area contributed by atoms with E-state index in [0.29, 0.717) is 11.6 Å². The Bertz CT molecular complexity index is 952. The summed E-state index contributed by atoms with van der Waals surface area (Å²) in [5.41, 5.74) is 2.66. The summed E-state index contributed by atoms with van der Waals surface area (Å²) in [4.78, 5) is 2.41. The standard InChI is InChI=1S/C25H25F3N2/c26-25(27,28)24-9-5-4-8-23(24)21-12-10-20(11-13-21)17-30-15-14-29-22(18-30)16-19-6-2-1-3-7-19/h1-13,22,29H,14-18H2/t22-/m0/s1. The van der Waals surface area contributed by atoms with E-state index in [1.807, 2.05) is 18.2 Å². The highest BCUT2D eigenvalue weighted by atomic mass is 19.4. The minimum Gasteiger partial charge on any atom is -0.311 e. The lowest BCUT2D eigenvalue weighted by molar-refractivity contribution is -0.137. The predicted octanol–water partition coefficient (Wildman–Crippen LogP) is 5.39. The lowest BCUT2D eigenvalue weighted by Crippen LogP contribution is -2.51. The Morgan fingerprint density at radius 3 is 2.27 bits per heavy atom. The maximum atomic E-state index is 13.3. The van der Waals surface area contributed by atoms with Crippen molar-refractivity contribution in [1.29, 1.82) is 0 Å². The molecule has 0 spiro atoms. The Labute approximate surface area is 175 Å². The number of benzene rings is 3. The Balaban J connectivity index is 1.42. The van der Waals surface area contributed by atoms with Gasteiger partial charge in [0.2, 0.25) is 0 Å². The maximum Gasteiger partial charge on any atom is 0.417 e. The second-order valence-corrected chi connectivity index (χ2v) is 7.82. The van der Waals surface area contributed by atoms with E-state index in [4.69, 9.17) is 0 Å². The number of hydrogen-bond donors (Lipinski definition) is 1. The molecule has 0 bridgehead atoms. The summed E-state index contributed by atoms with van der Waals surface area (Å²) in [6.07, 6.45) is -3.37. The van der Waals surface area contributed by atoms with E-state index in [0.717, 1.165) is 44.2 Å². The van der Waals surface area contributed by atoms with Crippen LogP contribution in [0.3, 0.4) is 0 Å². The Kier molecular flexibility index (Phi) is 6.21. The number of rotatable bonds is 5. The summed E-state index contributed by atoms with van der Waals surface area (Å²) >= 11 is 0. The smallest absolute Gasteiger partial charge is 0.311 e. The van der Waals surface area contributed by atoms with Crippen LogP contribution in [0, 0.1) is 0 Å². The number of nitrogens with one attached hydrogen (secondary N) is 1. The van der Waals surface area contributed by atoms with Gasteiger partial charge in [-0.25, -0.2) is 0 Å². The molecule has 1 atom stereocenters. The lowest BCUT2D eigenvalue weighted by atomic mass is 9.98. The number of piperazine rings is 1. The number of nitrogens with zero attached hydrogens (tertiary/aromatic N) is 1. The summed E-state index contributed by atoms with van der Waals surface area (Å²) in [5, 5.41) is 3.59. The highest BCUT2D eigenvalue weighted by Crippen LogP contribution is 2.36. The van der Waals surface area contributed by atoms with Crippen LogP contribution >= 0.6 is 0 Å². The van der Waals surface area contributed by atoms with E-state index in [1.165, 1.54) is 17.7 Å². The average Bonchev–Trinajstić information content (AvgIpc) is 2.75. The molecule has 156 valence electrons. The van der Waals surface area contributed by atoms with Crippen LogP contribution in [0.2, 0.25) is 0 Å². The van der Waals surface area contributed by atoms with Crippen LogP contribution in [0.5, 0.6) is 0 Å². The molecule has 1 saturated heterocycles. The monoisotopic (exact) mass is 410 g/mol. The van der Waals surface area contributed by atoms with Gasteiger partial charge in [-0.05, 0) is 34.7 Å². The van der Waals surface area contributed by atoms with E-state index >= 15 is 0 Å². The molecule has 2 nitrogen and oxygen atoms in total. The zero-order chi connectivity index (χ0) is 21.0. The molecule has 1 aliphatic rings. The van der Waals surface area contributed by atoms with Gasteiger partial charge in [0.15, 0.2) is 0 Å². The molecule has 1 aliphatic heterocycles. The summed E-state index contributed by atoms with van der Waals surface area (Å²) < 4.78 is 39.9. The molecule has 1 heterocycles. The molecule has 3 aromatic rings. The molecule has 0 amide bonds. The van der Waals surface area contributed by atoms with Crippen LogP contribution in [-0.4, -0.2) is 30.6 Å². The van der Waals surface area contributed by atoms with Crippen molar-refractivity contribution in [2.45, 2.75) is 25.2 Å². The highest BCUT2D eigenvalue weighted by Gasteiger charge is 2.33. The van der Waals surface area contributed by atoms with E-state index in [9.17, 15) is 13.2 Å². The Morgan fingerprint density at radius 2 is 1.53 bits per heavy atom. The van der Waals surface area contributed by atoms with Crippen LogP contribution in [-0.2, 0) is 19.1 Å². The van der Waals surface area contributed by atoms with Crippen LogP contribution in [0.1, 0.15) is 16.7 Å². The first-order chi connectivity index (χ1) is 14.5. The topological polar surface area (TPSA) is 15.3 Å². The Hall–Kier alpha value is -2.63. The molecule has 0 unspecified atom stereocenters. The van der Waals surface area contributed by atoms with Gasteiger partial charge in [-0.1, -0.05) is 72.8 Å². The third-order valence-corrected chi connectivity index (χ3v) is 5.57. The molecule has 1 fully saturated rings. The third-order valence-electron chi connectivity index (χ3n) is 5.57. The summed E-state index contributed by atoms with van der Waals surface area (Å²) in [5.74, 6) is 0. The minimum absolute atomic E-state index is 0.224. The molecule has 0 saturated carbocycles.